The van der Waals surface area contributed by atoms with Crippen LogP contribution in [0.15, 0.2) is 39.5 Å². The van der Waals surface area contributed by atoms with Gasteiger partial charge >= 0.3 is 0 Å². The number of rotatable bonds is 4. The Morgan fingerprint density at radius 2 is 2.00 bits per heavy atom. The van der Waals surface area contributed by atoms with Crippen molar-refractivity contribution in [3.05, 3.63) is 56.7 Å². The van der Waals surface area contributed by atoms with Crippen LogP contribution in [0.2, 0.25) is 5.02 Å². The number of phenolic OH excluding ortho intramolecular Hbond substituents is 2. The molecule has 2 heterocycles. The lowest BCUT2D eigenvalue weighted by Gasteiger charge is -2.24. The van der Waals surface area contributed by atoms with Gasteiger partial charge in [-0.3, -0.25) is 14.8 Å². The molecule has 0 saturated carbocycles. The fourth-order valence-electron chi connectivity index (χ4n) is 4.34. The first-order valence-electron chi connectivity index (χ1n) is 9.85. The highest BCUT2D eigenvalue weighted by Crippen LogP contribution is 2.44. The largest absolute Gasteiger partial charge is 0.507 e. The molecule has 0 spiro atoms. The number of aliphatic hydroxyl groups excluding tert-OH is 1. The fourth-order valence-corrected chi connectivity index (χ4v) is 4.55. The Hall–Kier alpha value is -3.11. The van der Waals surface area contributed by atoms with Crippen molar-refractivity contribution in [2.75, 3.05) is 20.2 Å². The lowest BCUT2D eigenvalue weighted by molar-refractivity contribution is 0.0706. The van der Waals surface area contributed by atoms with Gasteiger partial charge in [-0.05, 0) is 38.2 Å². The summed E-state index contributed by atoms with van der Waals surface area (Å²) in [5.41, 5.74) is 1.53. The molecule has 5 N–H and O–H groups in total. The van der Waals surface area contributed by atoms with Gasteiger partial charge in [0.15, 0.2) is 5.43 Å². The number of likely N-dealkylation sites (N-methyl/N-ethyl adjacent to an activating group) is 1. The predicted molar refractivity (Wildman–Crippen MR) is 116 cm³/mol. The number of aliphatic hydroxyl groups is 1. The van der Waals surface area contributed by atoms with Crippen LogP contribution in [0.1, 0.15) is 28.3 Å². The van der Waals surface area contributed by atoms with Crippen LogP contribution in [0.25, 0.3) is 22.3 Å². The lowest BCUT2D eigenvalue weighted by atomic mass is 9.89. The normalized spacial score (nSPS) is 18.9. The number of carbonyl (C=O) groups is 1. The minimum Gasteiger partial charge on any atom is -0.507 e. The Bertz CT molecular complexity index is 1270. The van der Waals surface area contributed by atoms with Gasteiger partial charge in [-0.1, -0.05) is 11.6 Å². The molecule has 1 amide bonds. The number of carbonyl (C=O) groups excluding carboxylic acids is 1. The molecule has 2 atom stereocenters. The van der Waals surface area contributed by atoms with E-state index in [0.717, 1.165) is 12.1 Å². The number of hydrogen-bond donors (Lipinski definition) is 5. The summed E-state index contributed by atoms with van der Waals surface area (Å²) in [4.78, 5) is 26.7. The van der Waals surface area contributed by atoms with Gasteiger partial charge in [0.2, 0.25) is 0 Å². The van der Waals surface area contributed by atoms with E-state index in [9.17, 15) is 24.9 Å². The minimum atomic E-state index is -0.776. The summed E-state index contributed by atoms with van der Waals surface area (Å²) in [6.45, 7) is 0.489. The summed E-state index contributed by atoms with van der Waals surface area (Å²) >= 11 is 6.28. The Labute approximate surface area is 187 Å². The van der Waals surface area contributed by atoms with Crippen molar-refractivity contribution in [2.24, 2.45) is 0 Å². The molecule has 1 fully saturated rings. The van der Waals surface area contributed by atoms with E-state index < -0.39 is 17.1 Å². The highest BCUT2D eigenvalue weighted by atomic mass is 35.5. The SMILES string of the molecule is CN1CCC(c2c(O)cc(O)c3c(=O)cc(-c4cc(C(=O)NO)ccc4Cl)oc23)C1CO. The van der Waals surface area contributed by atoms with Crippen LogP contribution in [0.5, 0.6) is 11.5 Å². The molecule has 3 aromatic rings. The standard InChI is InChI=1S/C22H21ClN2O7/c1-25-5-4-11(14(25)9-26)19-15(27)7-16(28)20-17(29)8-18(32-21(19)20)12-6-10(22(30)24-31)2-3-13(12)23/h2-3,6-8,11,14,26-28,31H,4-5,9H2,1H3,(H,24,30). The quantitative estimate of drug-likeness (QED) is 0.295. The van der Waals surface area contributed by atoms with Gasteiger partial charge < -0.3 is 24.6 Å². The van der Waals surface area contributed by atoms with Gasteiger partial charge in [0.05, 0.1) is 11.6 Å². The lowest BCUT2D eigenvalue weighted by Crippen LogP contribution is -2.32. The Morgan fingerprint density at radius 3 is 2.69 bits per heavy atom. The van der Waals surface area contributed by atoms with Crippen LogP contribution in [0.3, 0.4) is 0 Å². The van der Waals surface area contributed by atoms with Crippen molar-refractivity contribution < 1.29 is 29.7 Å². The molecular formula is C22H21ClN2O7. The average molecular weight is 461 g/mol. The summed E-state index contributed by atoms with van der Waals surface area (Å²) < 4.78 is 6.01. The average Bonchev–Trinajstić information content (AvgIpc) is 3.12. The minimum absolute atomic E-state index is 0.0123. The van der Waals surface area contributed by atoms with Crippen molar-refractivity contribution in [3.8, 4) is 22.8 Å². The second-order valence-electron chi connectivity index (χ2n) is 7.77. The molecule has 1 aliphatic rings. The fraction of sp³-hybridized carbons (Fsp3) is 0.273. The van der Waals surface area contributed by atoms with E-state index in [1.54, 1.807) is 0 Å². The van der Waals surface area contributed by atoms with E-state index in [-0.39, 0.29) is 57.2 Å². The molecule has 0 radical (unpaired) electrons. The van der Waals surface area contributed by atoms with Crippen LogP contribution in [0.4, 0.5) is 0 Å². The number of fused-ring (bicyclic) bond motifs is 1. The Kier molecular flexibility index (Phi) is 5.83. The molecule has 9 nitrogen and oxygen atoms in total. The summed E-state index contributed by atoms with van der Waals surface area (Å²) in [6, 6.07) is 6.07. The third-order valence-electron chi connectivity index (χ3n) is 5.97. The number of phenols is 2. The van der Waals surface area contributed by atoms with E-state index in [1.807, 2.05) is 11.9 Å². The van der Waals surface area contributed by atoms with Gasteiger partial charge in [0.1, 0.15) is 28.2 Å². The number of amides is 1. The van der Waals surface area contributed by atoms with Crippen molar-refractivity contribution in [2.45, 2.75) is 18.4 Å². The Balaban J connectivity index is 2.00. The highest BCUT2D eigenvalue weighted by Gasteiger charge is 2.36. The molecule has 32 heavy (non-hydrogen) atoms. The molecule has 168 valence electrons. The van der Waals surface area contributed by atoms with E-state index in [2.05, 4.69) is 0 Å². The molecule has 10 heteroatoms. The zero-order valence-corrected chi connectivity index (χ0v) is 17.8. The zero-order chi connectivity index (χ0) is 23.2. The van der Waals surface area contributed by atoms with Gasteiger partial charge in [0.25, 0.3) is 5.91 Å². The van der Waals surface area contributed by atoms with E-state index >= 15 is 0 Å². The topological polar surface area (TPSA) is 143 Å². The van der Waals surface area contributed by atoms with Crippen molar-refractivity contribution in [1.29, 1.82) is 0 Å². The second-order valence-corrected chi connectivity index (χ2v) is 8.18. The van der Waals surface area contributed by atoms with Crippen LogP contribution in [-0.2, 0) is 0 Å². The van der Waals surface area contributed by atoms with Crippen LogP contribution in [-0.4, -0.2) is 57.6 Å². The molecule has 2 aromatic carbocycles. The number of nitrogens with one attached hydrogen (secondary N) is 1. The molecule has 2 unspecified atom stereocenters. The number of benzene rings is 2. The van der Waals surface area contributed by atoms with Crippen LogP contribution in [0, 0.1) is 0 Å². The smallest absolute Gasteiger partial charge is 0.274 e. The van der Waals surface area contributed by atoms with Crippen molar-refractivity contribution in [3.63, 3.8) is 0 Å². The van der Waals surface area contributed by atoms with Gasteiger partial charge in [-0.25, -0.2) is 5.48 Å². The molecule has 1 aliphatic heterocycles. The molecule has 1 aromatic heterocycles. The van der Waals surface area contributed by atoms with Gasteiger partial charge in [-0.15, -0.1) is 0 Å². The number of halogens is 1. The number of nitrogens with zero attached hydrogens (tertiary/aromatic N) is 1. The number of hydrogen-bond acceptors (Lipinski definition) is 8. The van der Waals surface area contributed by atoms with Gasteiger partial charge in [-0.2, -0.15) is 0 Å². The van der Waals surface area contributed by atoms with Crippen LogP contribution < -0.4 is 10.9 Å². The monoisotopic (exact) mass is 460 g/mol. The summed E-state index contributed by atoms with van der Waals surface area (Å²) in [6.07, 6.45) is 0.593. The molecular weight excluding hydrogens is 440 g/mol. The number of aromatic hydroxyl groups is 2. The van der Waals surface area contributed by atoms with Crippen molar-refractivity contribution >= 4 is 28.5 Å². The maximum absolute atomic E-state index is 12.9. The zero-order valence-electron chi connectivity index (χ0n) is 17.0. The third kappa shape index (κ3) is 3.59. The maximum atomic E-state index is 12.9. The Morgan fingerprint density at radius 1 is 1.25 bits per heavy atom. The molecule has 0 bridgehead atoms. The maximum Gasteiger partial charge on any atom is 0.274 e. The first-order valence-corrected chi connectivity index (χ1v) is 10.2. The van der Waals surface area contributed by atoms with E-state index in [0.29, 0.717) is 18.5 Å². The molecule has 0 aliphatic carbocycles. The number of likely N-dealkylation sites (tertiary alicyclic amines) is 1. The van der Waals surface area contributed by atoms with E-state index in [4.69, 9.17) is 21.2 Å². The number of hydroxylamine groups is 1. The summed E-state index contributed by atoms with van der Waals surface area (Å²) in [5.74, 6) is -1.81. The summed E-state index contributed by atoms with van der Waals surface area (Å²) in [5, 5.41) is 39.9. The first kappa shape index (κ1) is 22.1. The third-order valence-corrected chi connectivity index (χ3v) is 6.30. The molecule has 4 rings (SSSR count). The van der Waals surface area contributed by atoms with Crippen molar-refractivity contribution in [1.82, 2.24) is 10.4 Å². The van der Waals surface area contributed by atoms with Gasteiger partial charge in [0, 0.05) is 40.8 Å². The second kappa shape index (κ2) is 8.44. The van der Waals surface area contributed by atoms with E-state index in [1.165, 1.54) is 23.7 Å². The first-order chi connectivity index (χ1) is 15.3. The molecule has 1 saturated heterocycles. The summed E-state index contributed by atoms with van der Waals surface area (Å²) in [7, 11) is 1.85. The van der Waals surface area contributed by atoms with Crippen LogP contribution >= 0.6 is 11.6 Å². The predicted octanol–water partition coefficient (Wildman–Crippen LogP) is 2.42. The highest BCUT2D eigenvalue weighted by molar-refractivity contribution is 6.33.